The van der Waals surface area contributed by atoms with Gasteiger partial charge in [0.15, 0.2) is 0 Å². The maximum Gasteiger partial charge on any atom is 0.123 e. The summed E-state index contributed by atoms with van der Waals surface area (Å²) in [7, 11) is 0. The molecule has 20 heavy (non-hydrogen) atoms. The van der Waals surface area contributed by atoms with Crippen LogP contribution in [0.5, 0.6) is 0 Å². The Bertz CT molecular complexity index is 522. The van der Waals surface area contributed by atoms with Gasteiger partial charge < -0.3 is 5.73 Å². The fourth-order valence-electron chi connectivity index (χ4n) is 1.84. The zero-order valence-electron chi connectivity index (χ0n) is 11.8. The summed E-state index contributed by atoms with van der Waals surface area (Å²) in [6.07, 6.45) is 3.09. The van der Waals surface area contributed by atoms with E-state index in [1.165, 1.54) is 10.5 Å². The Labute approximate surface area is 133 Å². The Kier molecular flexibility index (Phi) is 6.42. The standard InChI is InChI=1S/C15H20N2S3/c1-3-19-12-6-4-11(5-7-12)15-17-14(10-20-15)13(16)8-9-18-2/h4-7,10,13H,3,8-9,16H2,1-2H3. The van der Waals surface area contributed by atoms with Crippen molar-refractivity contribution in [2.75, 3.05) is 17.8 Å². The quantitative estimate of drug-likeness (QED) is 0.751. The first-order valence-corrected chi connectivity index (χ1v) is 9.93. The van der Waals surface area contributed by atoms with Gasteiger partial charge in [-0.15, -0.1) is 23.1 Å². The first-order chi connectivity index (χ1) is 9.74. The van der Waals surface area contributed by atoms with E-state index in [2.05, 4.69) is 47.8 Å². The van der Waals surface area contributed by atoms with Gasteiger partial charge in [-0.05, 0) is 36.3 Å². The van der Waals surface area contributed by atoms with Crippen LogP contribution in [0.4, 0.5) is 0 Å². The van der Waals surface area contributed by atoms with Crippen molar-refractivity contribution >= 4 is 34.9 Å². The van der Waals surface area contributed by atoms with E-state index in [4.69, 9.17) is 5.73 Å². The third-order valence-corrected chi connectivity index (χ3v) is 5.39. The van der Waals surface area contributed by atoms with Crippen LogP contribution in [0.2, 0.25) is 0 Å². The van der Waals surface area contributed by atoms with E-state index in [1.54, 1.807) is 11.3 Å². The normalized spacial score (nSPS) is 12.6. The number of hydrogen-bond acceptors (Lipinski definition) is 5. The van der Waals surface area contributed by atoms with Gasteiger partial charge in [0.2, 0.25) is 0 Å². The van der Waals surface area contributed by atoms with E-state index in [9.17, 15) is 0 Å². The SMILES string of the molecule is CCSc1ccc(-c2nc(C(N)CCSC)cs2)cc1. The summed E-state index contributed by atoms with van der Waals surface area (Å²) < 4.78 is 0. The molecule has 0 radical (unpaired) electrons. The third-order valence-electron chi connectivity index (χ3n) is 2.95. The molecule has 0 aliphatic carbocycles. The molecule has 0 fully saturated rings. The Morgan fingerprint density at radius 1 is 1.30 bits per heavy atom. The van der Waals surface area contributed by atoms with Crippen molar-refractivity contribution in [3.63, 3.8) is 0 Å². The molecule has 108 valence electrons. The maximum absolute atomic E-state index is 6.16. The highest BCUT2D eigenvalue weighted by Crippen LogP contribution is 2.28. The fourth-order valence-corrected chi connectivity index (χ4v) is 3.88. The lowest BCUT2D eigenvalue weighted by Crippen LogP contribution is -2.11. The van der Waals surface area contributed by atoms with Crippen LogP contribution >= 0.6 is 34.9 Å². The van der Waals surface area contributed by atoms with Gasteiger partial charge in [-0.2, -0.15) is 11.8 Å². The molecule has 0 aliphatic rings. The molecule has 2 aromatic rings. The Morgan fingerprint density at radius 3 is 2.70 bits per heavy atom. The molecule has 2 nitrogen and oxygen atoms in total. The average Bonchev–Trinajstić information content (AvgIpc) is 2.96. The Hall–Kier alpha value is -0.490. The zero-order valence-corrected chi connectivity index (χ0v) is 14.3. The van der Waals surface area contributed by atoms with Crippen molar-refractivity contribution in [1.82, 2.24) is 4.98 Å². The molecule has 1 heterocycles. The van der Waals surface area contributed by atoms with Gasteiger partial charge >= 0.3 is 0 Å². The summed E-state index contributed by atoms with van der Waals surface area (Å²) in [6.45, 7) is 2.17. The van der Waals surface area contributed by atoms with Crippen LogP contribution in [-0.4, -0.2) is 22.7 Å². The number of hydrogen-bond donors (Lipinski definition) is 1. The van der Waals surface area contributed by atoms with Gasteiger partial charge in [-0.3, -0.25) is 0 Å². The largest absolute Gasteiger partial charge is 0.323 e. The van der Waals surface area contributed by atoms with Crippen LogP contribution in [0.15, 0.2) is 34.5 Å². The molecule has 1 unspecified atom stereocenters. The fraction of sp³-hybridized carbons (Fsp3) is 0.400. The van der Waals surface area contributed by atoms with Crippen LogP contribution in [0.3, 0.4) is 0 Å². The van der Waals surface area contributed by atoms with Crippen molar-refractivity contribution in [2.45, 2.75) is 24.3 Å². The predicted octanol–water partition coefficient (Wildman–Crippen LogP) is 4.68. The number of rotatable bonds is 7. The molecule has 0 spiro atoms. The number of thioether (sulfide) groups is 2. The zero-order chi connectivity index (χ0) is 14.4. The highest BCUT2D eigenvalue weighted by Gasteiger charge is 2.11. The molecule has 1 atom stereocenters. The second-order valence-corrected chi connectivity index (χ2v) is 7.60. The van der Waals surface area contributed by atoms with Crippen LogP contribution < -0.4 is 5.73 Å². The molecule has 2 rings (SSSR count). The molecule has 0 aliphatic heterocycles. The van der Waals surface area contributed by atoms with E-state index in [0.717, 1.165) is 28.6 Å². The smallest absolute Gasteiger partial charge is 0.123 e. The highest BCUT2D eigenvalue weighted by molar-refractivity contribution is 7.99. The lowest BCUT2D eigenvalue weighted by molar-refractivity contribution is 0.687. The molecule has 2 N–H and O–H groups in total. The van der Waals surface area contributed by atoms with Gasteiger partial charge in [-0.25, -0.2) is 4.98 Å². The van der Waals surface area contributed by atoms with Crippen molar-refractivity contribution in [1.29, 1.82) is 0 Å². The van der Waals surface area contributed by atoms with Crippen LogP contribution in [-0.2, 0) is 0 Å². The molecular weight excluding hydrogens is 304 g/mol. The van der Waals surface area contributed by atoms with Gasteiger partial charge in [0, 0.05) is 21.9 Å². The van der Waals surface area contributed by atoms with Gasteiger partial charge in [-0.1, -0.05) is 19.1 Å². The molecule has 1 aromatic carbocycles. The number of aromatic nitrogens is 1. The molecular formula is C15H20N2S3. The Morgan fingerprint density at radius 2 is 2.05 bits per heavy atom. The minimum atomic E-state index is 0.0578. The maximum atomic E-state index is 6.16. The second-order valence-electron chi connectivity index (χ2n) is 4.42. The minimum absolute atomic E-state index is 0.0578. The number of thiazole rings is 1. The molecule has 5 heteroatoms. The van der Waals surface area contributed by atoms with Crippen LogP contribution in [0.1, 0.15) is 25.1 Å². The summed E-state index contributed by atoms with van der Waals surface area (Å²) in [5.74, 6) is 2.18. The third kappa shape index (κ3) is 4.25. The van der Waals surface area contributed by atoms with E-state index >= 15 is 0 Å². The van der Waals surface area contributed by atoms with E-state index in [1.807, 2.05) is 23.5 Å². The summed E-state index contributed by atoms with van der Waals surface area (Å²) in [4.78, 5) is 6.00. The highest BCUT2D eigenvalue weighted by atomic mass is 32.2. The van der Waals surface area contributed by atoms with Crippen molar-refractivity contribution in [3.8, 4) is 10.6 Å². The number of nitrogens with zero attached hydrogens (tertiary/aromatic N) is 1. The van der Waals surface area contributed by atoms with Crippen LogP contribution in [0.25, 0.3) is 10.6 Å². The topological polar surface area (TPSA) is 38.9 Å². The van der Waals surface area contributed by atoms with Crippen molar-refractivity contribution in [3.05, 3.63) is 35.3 Å². The van der Waals surface area contributed by atoms with Gasteiger partial charge in [0.25, 0.3) is 0 Å². The van der Waals surface area contributed by atoms with E-state index in [0.29, 0.717) is 0 Å². The second kappa shape index (κ2) is 8.08. The Balaban J connectivity index is 2.07. The lowest BCUT2D eigenvalue weighted by atomic mass is 10.2. The average molecular weight is 325 g/mol. The van der Waals surface area contributed by atoms with E-state index in [-0.39, 0.29) is 6.04 Å². The molecule has 1 aromatic heterocycles. The number of benzene rings is 1. The molecule has 0 bridgehead atoms. The summed E-state index contributed by atoms with van der Waals surface area (Å²) >= 11 is 5.37. The van der Waals surface area contributed by atoms with Gasteiger partial charge in [0.1, 0.15) is 5.01 Å². The van der Waals surface area contributed by atoms with Crippen LogP contribution in [0, 0.1) is 0 Å². The first kappa shape index (κ1) is 15.9. The molecule has 0 amide bonds. The summed E-state index contributed by atoms with van der Waals surface area (Å²) in [5, 5.41) is 3.15. The first-order valence-electron chi connectivity index (χ1n) is 6.67. The predicted molar refractivity (Wildman–Crippen MR) is 93.9 cm³/mol. The molecule has 0 saturated carbocycles. The lowest BCUT2D eigenvalue weighted by Gasteiger charge is -2.06. The van der Waals surface area contributed by atoms with E-state index < -0.39 is 0 Å². The molecule has 0 saturated heterocycles. The summed E-state index contributed by atoms with van der Waals surface area (Å²) in [5.41, 5.74) is 8.36. The van der Waals surface area contributed by atoms with Gasteiger partial charge in [0.05, 0.1) is 5.69 Å². The number of nitrogens with two attached hydrogens (primary N) is 1. The van der Waals surface area contributed by atoms with Crippen molar-refractivity contribution in [2.24, 2.45) is 5.73 Å². The summed E-state index contributed by atoms with van der Waals surface area (Å²) in [6, 6.07) is 8.68. The van der Waals surface area contributed by atoms with Crippen molar-refractivity contribution < 1.29 is 0 Å². The minimum Gasteiger partial charge on any atom is -0.323 e. The monoisotopic (exact) mass is 324 g/mol.